The van der Waals surface area contributed by atoms with Gasteiger partial charge in [-0.2, -0.15) is 0 Å². The lowest BCUT2D eigenvalue weighted by Crippen LogP contribution is -1.80. The first-order valence-corrected chi connectivity index (χ1v) is 3.12. The predicted molar refractivity (Wildman–Crippen MR) is 44.0 cm³/mol. The second-order valence-electron chi connectivity index (χ2n) is 1.55. The molecule has 0 atom stereocenters. The molecule has 10 heavy (non-hydrogen) atoms. The van der Waals surface area contributed by atoms with Gasteiger partial charge in [0.2, 0.25) is 0 Å². The summed E-state index contributed by atoms with van der Waals surface area (Å²) in [5.74, 6) is 0. The molecule has 0 heterocycles. The number of aliphatic hydroxyl groups is 1. The zero-order chi connectivity index (χ0) is 7.98. The summed E-state index contributed by atoms with van der Waals surface area (Å²) in [7, 11) is 1.00. The number of anilines is 1. The number of benzene rings is 1. The lowest BCUT2D eigenvalue weighted by atomic mass is 10.3. The first kappa shape index (κ1) is 9.27. The molecule has 3 N–H and O–H groups in total. The Morgan fingerprint density at radius 1 is 1.20 bits per heavy atom. The van der Waals surface area contributed by atoms with E-state index >= 15 is 0 Å². The molecule has 0 aliphatic carbocycles. The van der Waals surface area contributed by atoms with Crippen LogP contribution in [0.15, 0.2) is 24.3 Å². The number of hydrogen-bond donors (Lipinski definition) is 2. The summed E-state index contributed by atoms with van der Waals surface area (Å²) in [6.07, 6.45) is 0. The van der Waals surface area contributed by atoms with Crippen LogP contribution in [-0.2, 0) is 0 Å². The number of halogens is 1. The maximum absolute atomic E-state index is 7.00. The summed E-state index contributed by atoms with van der Waals surface area (Å²) in [5.41, 5.74) is 6.11. The van der Waals surface area contributed by atoms with Crippen molar-refractivity contribution in [3.8, 4) is 0 Å². The Bertz CT molecular complexity index is 152. The van der Waals surface area contributed by atoms with Gasteiger partial charge in [0.15, 0.2) is 0 Å². The van der Waals surface area contributed by atoms with Crippen molar-refractivity contribution in [2.24, 2.45) is 0 Å². The van der Waals surface area contributed by atoms with Crippen molar-refractivity contribution in [2.75, 3.05) is 12.8 Å². The van der Waals surface area contributed by atoms with Crippen LogP contribution in [0.2, 0.25) is 5.02 Å². The molecule has 0 spiro atoms. The third-order valence-corrected chi connectivity index (χ3v) is 1.12. The average molecular weight is 160 g/mol. The topological polar surface area (TPSA) is 46.2 Å². The van der Waals surface area contributed by atoms with E-state index in [4.69, 9.17) is 22.4 Å². The fourth-order valence-electron chi connectivity index (χ4n) is 0.463. The molecule has 0 amide bonds. The molecular weight excluding hydrogens is 150 g/mol. The van der Waals surface area contributed by atoms with Crippen LogP contribution in [0.1, 0.15) is 0 Å². The summed E-state index contributed by atoms with van der Waals surface area (Å²) in [4.78, 5) is 0. The fourth-order valence-corrected chi connectivity index (χ4v) is 0.589. The Balaban J connectivity index is 0.000000371. The van der Waals surface area contributed by atoms with Gasteiger partial charge in [-0.15, -0.1) is 0 Å². The molecule has 0 aromatic heterocycles. The average Bonchev–Trinajstić information content (AvgIpc) is 2.00. The van der Waals surface area contributed by atoms with Gasteiger partial charge in [-0.3, -0.25) is 0 Å². The van der Waals surface area contributed by atoms with Gasteiger partial charge in [0.25, 0.3) is 0 Å². The number of rotatable bonds is 0. The molecule has 2 nitrogen and oxygen atoms in total. The van der Waals surface area contributed by atoms with Gasteiger partial charge < -0.3 is 10.8 Å². The van der Waals surface area contributed by atoms with Crippen LogP contribution in [-0.4, -0.2) is 12.2 Å². The van der Waals surface area contributed by atoms with E-state index in [1.165, 1.54) is 0 Å². The number of hydrogen-bond acceptors (Lipinski definition) is 2. The van der Waals surface area contributed by atoms with Crippen LogP contribution in [0.5, 0.6) is 0 Å². The molecule has 1 aromatic rings. The highest BCUT2D eigenvalue weighted by molar-refractivity contribution is 6.30. The molecule has 0 saturated heterocycles. The minimum Gasteiger partial charge on any atom is -0.400 e. The summed E-state index contributed by atoms with van der Waals surface area (Å²) in [5, 5.41) is 7.72. The maximum Gasteiger partial charge on any atom is 0.0407 e. The van der Waals surface area contributed by atoms with Gasteiger partial charge in [-0.05, 0) is 24.3 Å². The smallest absolute Gasteiger partial charge is 0.0407 e. The first-order valence-electron chi connectivity index (χ1n) is 2.75. The van der Waals surface area contributed by atoms with Crippen LogP contribution in [0.3, 0.4) is 0 Å². The van der Waals surface area contributed by atoms with Crippen molar-refractivity contribution in [1.82, 2.24) is 0 Å². The molecule has 1 aromatic carbocycles. The first-order chi connectivity index (χ1) is 4.79. The van der Waals surface area contributed by atoms with E-state index in [2.05, 4.69) is 0 Å². The quantitative estimate of drug-likeness (QED) is 0.564. The Kier molecular flexibility index (Phi) is 4.72. The Morgan fingerprint density at radius 3 is 1.90 bits per heavy atom. The summed E-state index contributed by atoms with van der Waals surface area (Å²) in [6, 6.07) is 7.05. The lowest BCUT2D eigenvalue weighted by molar-refractivity contribution is 0.399. The molecule has 56 valence electrons. The molecular formula is C7H10ClNO. The van der Waals surface area contributed by atoms with Gasteiger partial charge in [-0.25, -0.2) is 0 Å². The van der Waals surface area contributed by atoms with Crippen molar-refractivity contribution in [2.45, 2.75) is 0 Å². The summed E-state index contributed by atoms with van der Waals surface area (Å²) in [6.45, 7) is 0. The molecule has 0 radical (unpaired) electrons. The summed E-state index contributed by atoms with van der Waals surface area (Å²) >= 11 is 5.56. The molecule has 1 rings (SSSR count). The second-order valence-corrected chi connectivity index (χ2v) is 1.99. The van der Waals surface area contributed by atoms with Crippen LogP contribution in [0.4, 0.5) is 5.69 Å². The van der Waals surface area contributed by atoms with Crippen LogP contribution in [0.25, 0.3) is 0 Å². The van der Waals surface area contributed by atoms with Crippen LogP contribution in [0, 0.1) is 0 Å². The van der Waals surface area contributed by atoms with Gasteiger partial charge >= 0.3 is 0 Å². The zero-order valence-corrected chi connectivity index (χ0v) is 6.47. The third-order valence-electron chi connectivity index (χ3n) is 0.870. The minimum atomic E-state index is 0.721. The van der Waals surface area contributed by atoms with Gasteiger partial charge in [0.1, 0.15) is 0 Å². The van der Waals surface area contributed by atoms with Crippen molar-refractivity contribution < 1.29 is 5.11 Å². The highest BCUT2D eigenvalue weighted by Gasteiger charge is 1.82. The molecule has 0 aliphatic heterocycles. The lowest BCUT2D eigenvalue weighted by Gasteiger charge is -1.88. The molecule has 0 unspecified atom stereocenters. The van der Waals surface area contributed by atoms with E-state index in [9.17, 15) is 0 Å². The number of aliphatic hydroxyl groups excluding tert-OH is 1. The molecule has 0 fully saturated rings. The van der Waals surface area contributed by atoms with Gasteiger partial charge in [0.05, 0.1) is 0 Å². The van der Waals surface area contributed by atoms with Crippen molar-refractivity contribution >= 4 is 17.3 Å². The Hall–Kier alpha value is -0.730. The molecule has 0 aliphatic rings. The van der Waals surface area contributed by atoms with Crippen molar-refractivity contribution in [1.29, 1.82) is 0 Å². The van der Waals surface area contributed by atoms with E-state index < -0.39 is 0 Å². The van der Waals surface area contributed by atoms with Gasteiger partial charge in [-0.1, -0.05) is 11.6 Å². The predicted octanol–water partition coefficient (Wildman–Crippen LogP) is 1.53. The molecule has 3 heteroatoms. The standard InChI is InChI=1S/C6H6ClN.CH4O/c7-5-1-3-6(8)4-2-5;1-2/h1-4H,8H2;2H,1H3. The Morgan fingerprint density at radius 2 is 1.60 bits per heavy atom. The Labute approximate surface area is 65.2 Å². The monoisotopic (exact) mass is 159 g/mol. The van der Waals surface area contributed by atoms with Crippen LogP contribution >= 0.6 is 11.6 Å². The minimum absolute atomic E-state index is 0.721. The fraction of sp³-hybridized carbons (Fsp3) is 0.143. The van der Waals surface area contributed by atoms with Crippen molar-refractivity contribution in [3.63, 3.8) is 0 Å². The number of nitrogens with two attached hydrogens (primary N) is 1. The largest absolute Gasteiger partial charge is 0.400 e. The van der Waals surface area contributed by atoms with E-state index in [0.717, 1.165) is 17.8 Å². The van der Waals surface area contributed by atoms with E-state index in [0.29, 0.717) is 0 Å². The second kappa shape index (κ2) is 5.09. The summed E-state index contributed by atoms with van der Waals surface area (Å²) < 4.78 is 0. The SMILES string of the molecule is CO.Nc1ccc(Cl)cc1. The third kappa shape index (κ3) is 3.33. The highest BCUT2D eigenvalue weighted by Crippen LogP contribution is 2.09. The molecule has 0 saturated carbocycles. The van der Waals surface area contributed by atoms with E-state index in [-0.39, 0.29) is 0 Å². The normalized spacial score (nSPS) is 7.90. The molecule has 0 bridgehead atoms. The van der Waals surface area contributed by atoms with E-state index in [1.807, 2.05) is 0 Å². The van der Waals surface area contributed by atoms with Gasteiger partial charge in [0, 0.05) is 17.8 Å². The van der Waals surface area contributed by atoms with Crippen LogP contribution < -0.4 is 5.73 Å². The van der Waals surface area contributed by atoms with E-state index in [1.54, 1.807) is 24.3 Å². The number of nitrogen functional groups attached to an aromatic ring is 1. The van der Waals surface area contributed by atoms with Crippen molar-refractivity contribution in [3.05, 3.63) is 29.3 Å². The zero-order valence-electron chi connectivity index (χ0n) is 5.71. The highest BCUT2D eigenvalue weighted by atomic mass is 35.5. The maximum atomic E-state index is 7.00.